The Kier molecular flexibility index (Phi) is 4.69. The van der Waals surface area contributed by atoms with E-state index in [1.165, 1.54) is 12.3 Å². The first-order chi connectivity index (χ1) is 14.7. The van der Waals surface area contributed by atoms with E-state index < -0.39 is 29.4 Å². The Labute approximate surface area is 176 Å². The standard InChI is InChI=1S/C21H19N5O5/c1-9-8-13(25-31-9)26-17(12-6-4-5-7-23-12)15(19(28)21(26)30)18(27)14-10(2)16(20(22)29)24-11(14)3/h4-8,17,24,27H,1-3H3,(H2,22,29)/b18-15+. The molecule has 4 N–H and O–H groups in total. The van der Waals surface area contributed by atoms with Crippen molar-refractivity contribution >= 4 is 29.2 Å². The molecule has 0 spiro atoms. The number of nitrogens with one attached hydrogen (secondary N) is 1. The summed E-state index contributed by atoms with van der Waals surface area (Å²) >= 11 is 0. The smallest absolute Gasteiger partial charge is 0.301 e. The van der Waals surface area contributed by atoms with Gasteiger partial charge in [0, 0.05) is 23.5 Å². The number of rotatable bonds is 4. The first kappa shape index (κ1) is 20.1. The van der Waals surface area contributed by atoms with Gasteiger partial charge in [0.15, 0.2) is 5.82 Å². The van der Waals surface area contributed by atoms with Gasteiger partial charge in [-0.15, -0.1) is 0 Å². The molecule has 3 aromatic rings. The number of aliphatic hydroxyl groups is 1. The molecule has 1 aliphatic heterocycles. The van der Waals surface area contributed by atoms with Crippen LogP contribution in [0.4, 0.5) is 5.82 Å². The predicted octanol–water partition coefficient (Wildman–Crippen LogP) is 2.05. The van der Waals surface area contributed by atoms with Gasteiger partial charge in [0.25, 0.3) is 11.7 Å². The summed E-state index contributed by atoms with van der Waals surface area (Å²) < 4.78 is 5.08. The zero-order valence-corrected chi connectivity index (χ0v) is 17.0. The van der Waals surface area contributed by atoms with Gasteiger partial charge in [-0.05, 0) is 38.5 Å². The van der Waals surface area contributed by atoms with E-state index in [1.54, 1.807) is 39.0 Å². The lowest BCUT2D eigenvalue weighted by Gasteiger charge is -2.21. The number of amides is 2. The molecule has 2 amide bonds. The van der Waals surface area contributed by atoms with Crippen molar-refractivity contribution in [2.75, 3.05) is 4.90 Å². The highest BCUT2D eigenvalue weighted by Crippen LogP contribution is 2.42. The maximum atomic E-state index is 13.1. The van der Waals surface area contributed by atoms with Gasteiger partial charge >= 0.3 is 5.91 Å². The number of nitrogens with two attached hydrogens (primary N) is 1. The fraction of sp³-hybridized carbons (Fsp3) is 0.190. The van der Waals surface area contributed by atoms with Crippen molar-refractivity contribution < 1.29 is 24.0 Å². The number of H-pyrrole nitrogens is 1. The highest BCUT2D eigenvalue weighted by molar-refractivity contribution is 6.51. The fourth-order valence-corrected chi connectivity index (χ4v) is 3.84. The summed E-state index contributed by atoms with van der Waals surface area (Å²) in [4.78, 5) is 46.0. The van der Waals surface area contributed by atoms with Crippen LogP contribution in [0.15, 0.2) is 40.6 Å². The summed E-state index contributed by atoms with van der Waals surface area (Å²) in [5, 5.41) is 15.1. The number of carbonyl (C=O) groups is 3. The van der Waals surface area contributed by atoms with Crippen LogP contribution < -0.4 is 10.6 Å². The number of primary amides is 1. The van der Waals surface area contributed by atoms with Gasteiger partial charge in [0.2, 0.25) is 0 Å². The summed E-state index contributed by atoms with van der Waals surface area (Å²) in [5.74, 6) is -2.37. The van der Waals surface area contributed by atoms with Crippen molar-refractivity contribution in [2.45, 2.75) is 26.8 Å². The van der Waals surface area contributed by atoms with Crippen LogP contribution in [0.2, 0.25) is 0 Å². The number of carbonyl (C=O) groups excluding carboxylic acids is 3. The molecule has 31 heavy (non-hydrogen) atoms. The van der Waals surface area contributed by atoms with Crippen LogP contribution in [0.3, 0.4) is 0 Å². The topological polar surface area (TPSA) is 155 Å². The van der Waals surface area contributed by atoms with Gasteiger partial charge in [0.1, 0.15) is 23.3 Å². The molecule has 158 valence electrons. The highest BCUT2D eigenvalue weighted by atomic mass is 16.5. The zero-order valence-electron chi connectivity index (χ0n) is 17.0. The van der Waals surface area contributed by atoms with Gasteiger partial charge in [-0.2, -0.15) is 0 Å². The Balaban J connectivity index is 1.99. The van der Waals surface area contributed by atoms with Crippen LogP contribution in [0.25, 0.3) is 5.76 Å². The molecule has 4 rings (SSSR count). The SMILES string of the molecule is Cc1cc(N2C(=O)C(=O)/C(=C(/O)c3c(C)[nH]c(C(N)=O)c3C)C2c2ccccn2)no1. The molecular weight excluding hydrogens is 402 g/mol. The average molecular weight is 421 g/mol. The molecule has 0 saturated carbocycles. The number of aromatic nitrogens is 3. The second-order valence-electron chi connectivity index (χ2n) is 7.21. The normalized spacial score (nSPS) is 18.0. The van der Waals surface area contributed by atoms with Crippen LogP contribution in [0.5, 0.6) is 0 Å². The molecule has 1 saturated heterocycles. The molecule has 0 radical (unpaired) electrons. The molecule has 10 heteroatoms. The van der Waals surface area contributed by atoms with Crippen LogP contribution in [-0.2, 0) is 9.59 Å². The molecule has 10 nitrogen and oxygen atoms in total. The lowest BCUT2D eigenvalue weighted by atomic mass is 9.96. The number of aliphatic hydroxyl groups excluding tert-OH is 1. The van der Waals surface area contributed by atoms with E-state index >= 15 is 0 Å². The van der Waals surface area contributed by atoms with E-state index in [-0.39, 0.29) is 22.6 Å². The Morgan fingerprint density at radius 2 is 2.00 bits per heavy atom. The maximum Gasteiger partial charge on any atom is 0.301 e. The van der Waals surface area contributed by atoms with Gasteiger partial charge in [0.05, 0.1) is 11.3 Å². The molecule has 1 unspecified atom stereocenters. The molecule has 1 fully saturated rings. The van der Waals surface area contributed by atoms with Gasteiger partial charge in [-0.25, -0.2) is 0 Å². The number of nitrogens with zero attached hydrogens (tertiary/aromatic N) is 3. The van der Waals surface area contributed by atoms with E-state index in [0.29, 0.717) is 22.7 Å². The number of hydrogen-bond donors (Lipinski definition) is 3. The number of aromatic amines is 1. The van der Waals surface area contributed by atoms with Crippen molar-refractivity contribution in [2.24, 2.45) is 5.73 Å². The molecular formula is C21H19N5O5. The lowest BCUT2D eigenvalue weighted by Crippen LogP contribution is -2.30. The number of ketones is 1. The van der Waals surface area contributed by atoms with Crippen LogP contribution in [0.1, 0.15) is 44.8 Å². The Hall–Kier alpha value is -4.21. The molecule has 1 aliphatic rings. The van der Waals surface area contributed by atoms with Crippen LogP contribution >= 0.6 is 0 Å². The minimum absolute atomic E-state index is 0.106. The number of pyridine rings is 1. The Morgan fingerprint density at radius 1 is 1.26 bits per heavy atom. The second-order valence-corrected chi connectivity index (χ2v) is 7.21. The molecule has 4 heterocycles. The third kappa shape index (κ3) is 3.08. The molecule has 0 bridgehead atoms. The van der Waals surface area contributed by atoms with Crippen molar-refractivity contribution in [3.05, 3.63) is 70.0 Å². The molecule has 0 aliphatic carbocycles. The van der Waals surface area contributed by atoms with Gasteiger partial charge in [-0.1, -0.05) is 11.2 Å². The van der Waals surface area contributed by atoms with Gasteiger partial charge < -0.3 is 20.3 Å². The third-order valence-electron chi connectivity index (χ3n) is 5.20. The first-order valence-electron chi connectivity index (χ1n) is 9.37. The van der Waals surface area contributed by atoms with Crippen molar-refractivity contribution in [3.63, 3.8) is 0 Å². The van der Waals surface area contributed by atoms with Crippen molar-refractivity contribution in [3.8, 4) is 0 Å². The second kappa shape index (κ2) is 7.24. The Morgan fingerprint density at radius 3 is 2.55 bits per heavy atom. The van der Waals surface area contributed by atoms with E-state index in [0.717, 1.165) is 4.90 Å². The molecule has 3 aromatic heterocycles. The minimum Gasteiger partial charge on any atom is -0.507 e. The summed E-state index contributed by atoms with van der Waals surface area (Å²) in [6, 6.07) is 5.50. The quantitative estimate of drug-likeness (QED) is 0.331. The lowest BCUT2D eigenvalue weighted by molar-refractivity contribution is -0.132. The summed E-state index contributed by atoms with van der Waals surface area (Å²) in [5.41, 5.74) is 6.69. The average Bonchev–Trinajstić information content (AvgIpc) is 3.37. The number of aryl methyl sites for hydroxylation is 2. The number of Topliss-reactive ketones (excluding diaryl/α,β-unsaturated/α-hetero) is 1. The zero-order chi connectivity index (χ0) is 22.4. The van der Waals surface area contributed by atoms with E-state index in [2.05, 4.69) is 15.1 Å². The minimum atomic E-state index is -1.04. The monoisotopic (exact) mass is 421 g/mol. The maximum absolute atomic E-state index is 13.1. The summed E-state index contributed by atoms with van der Waals surface area (Å²) in [7, 11) is 0. The molecule has 0 aromatic carbocycles. The number of anilines is 1. The van der Waals surface area contributed by atoms with E-state index in [1.807, 2.05) is 0 Å². The summed E-state index contributed by atoms with van der Waals surface area (Å²) in [6.07, 6.45) is 1.52. The Bertz CT molecular complexity index is 1250. The van der Waals surface area contributed by atoms with E-state index in [4.69, 9.17) is 10.3 Å². The van der Waals surface area contributed by atoms with E-state index in [9.17, 15) is 19.5 Å². The number of hydrogen-bond acceptors (Lipinski definition) is 7. The van der Waals surface area contributed by atoms with Crippen LogP contribution in [-0.4, -0.2) is 37.8 Å². The van der Waals surface area contributed by atoms with Crippen molar-refractivity contribution in [1.82, 2.24) is 15.1 Å². The predicted molar refractivity (Wildman–Crippen MR) is 109 cm³/mol. The summed E-state index contributed by atoms with van der Waals surface area (Å²) in [6.45, 7) is 4.87. The third-order valence-corrected chi connectivity index (χ3v) is 5.20. The van der Waals surface area contributed by atoms with Crippen LogP contribution in [0, 0.1) is 20.8 Å². The molecule has 1 atom stereocenters. The van der Waals surface area contributed by atoms with Gasteiger partial charge in [-0.3, -0.25) is 24.3 Å². The highest BCUT2D eigenvalue weighted by Gasteiger charge is 2.49. The largest absolute Gasteiger partial charge is 0.507 e. The first-order valence-corrected chi connectivity index (χ1v) is 9.37. The van der Waals surface area contributed by atoms with Crippen molar-refractivity contribution in [1.29, 1.82) is 0 Å². The fourth-order valence-electron chi connectivity index (χ4n) is 3.84.